The van der Waals surface area contributed by atoms with E-state index in [2.05, 4.69) is 5.32 Å². The topological polar surface area (TPSA) is 96.0 Å². The van der Waals surface area contributed by atoms with Gasteiger partial charge in [0, 0.05) is 13.6 Å². The number of methoxy groups -OCH3 is 1. The van der Waals surface area contributed by atoms with Crippen LogP contribution in [0.1, 0.15) is 24.5 Å². The van der Waals surface area contributed by atoms with Crippen LogP contribution in [0.15, 0.2) is 83.8 Å². The van der Waals surface area contributed by atoms with Crippen molar-refractivity contribution >= 4 is 27.5 Å². The van der Waals surface area contributed by atoms with Gasteiger partial charge in [-0.15, -0.1) is 0 Å². The molecule has 2 amide bonds. The first-order chi connectivity index (χ1) is 17.7. The second-order valence-corrected chi connectivity index (χ2v) is 10.4. The highest BCUT2D eigenvalue weighted by atomic mass is 32.2. The largest absolute Gasteiger partial charge is 0.497 e. The Bertz CT molecular complexity index is 1310. The van der Waals surface area contributed by atoms with Crippen LogP contribution < -0.4 is 14.4 Å². The summed E-state index contributed by atoms with van der Waals surface area (Å²) in [6.07, 6.45) is 0.359. The van der Waals surface area contributed by atoms with Crippen molar-refractivity contribution in [1.29, 1.82) is 0 Å². The molecule has 0 unspecified atom stereocenters. The molecule has 3 aromatic carbocycles. The Kier molecular flexibility index (Phi) is 9.30. The number of hydrogen-bond acceptors (Lipinski definition) is 5. The number of rotatable bonds is 11. The number of carbonyl (C=O) groups is 2. The lowest BCUT2D eigenvalue weighted by Gasteiger charge is -2.33. The van der Waals surface area contributed by atoms with Crippen molar-refractivity contribution in [3.63, 3.8) is 0 Å². The van der Waals surface area contributed by atoms with Crippen LogP contribution in [0.2, 0.25) is 0 Å². The van der Waals surface area contributed by atoms with E-state index >= 15 is 0 Å². The molecular formula is C28H33N3O5S. The maximum atomic E-state index is 13.9. The van der Waals surface area contributed by atoms with Gasteiger partial charge in [0.05, 0.1) is 17.7 Å². The van der Waals surface area contributed by atoms with Gasteiger partial charge in [0.15, 0.2) is 0 Å². The third-order valence-electron chi connectivity index (χ3n) is 6.14. The highest BCUT2D eigenvalue weighted by Gasteiger charge is 2.33. The molecule has 0 saturated carbocycles. The van der Waals surface area contributed by atoms with E-state index in [0.717, 1.165) is 9.87 Å². The minimum Gasteiger partial charge on any atom is -0.497 e. The monoisotopic (exact) mass is 523 g/mol. The second kappa shape index (κ2) is 12.4. The summed E-state index contributed by atoms with van der Waals surface area (Å²) in [4.78, 5) is 28.1. The normalized spacial score (nSPS) is 11.9. The molecule has 0 heterocycles. The molecule has 1 atom stereocenters. The summed E-state index contributed by atoms with van der Waals surface area (Å²) in [5.41, 5.74) is 1.89. The van der Waals surface area contributed by atoms with Crippen molar-refractivity contribution in [3.05, 3.63) is 90.0 Å². The first-order valence-electron chi connectivity index (χ1n) is 12.0. The van der Waals surface area contributed by atoms with E-state index in [-0.39, 0.29) is 17.3 Å². The third kappa shape index (κ3) is 6.48. The van der Waals surface area contributed by atoms with Gasteiger partial charge in [0.1, 0.15) is 18.3 Å². The number of carbonyl (C=O) groups excluding carboxylic acids is 2. The van der Waals surface area contributed by atoms with Gasteiger partial charge in [-0.3, -0.25) is 13.9 Å². The number of amides is 2. The van der Waals surface area contributed by atoms with Crippen molar-refractivity contribution in [1.82, 2.24) is 10.2 Å². The molecule has 37 heavy (non-hydrogen) atoms. The fraction of sp³-hybridized carbons (Fsp3) is 0.286. The number of para-hydroxylation sites is 1. The summed E-state index contributed by atoms with van der Waals surface area (Å²) in [5, 5.41) is 2.62. The summed E-state index contributed by atoms with van der Waals surface area (Å²) in [6, 6.07) is 21.4. The van der Waals surface area contributed by atoms with Gasteiger partial charge in [-0.1, -0.05) is 55.5 Å². The van der Waals surface area contributed by atoms with Crippen LogP contribution in [0.4, 0.5) is 5.69 Å². The number of sulfonamides is 1. The van der Waals surface area contributed by atoms with E-state index in [9.17, 15) is 18.0 Å². The number of nitrogens with zero attached hydrogens (tertiary/aromatic N) is 2. The molecule has 196 valence electrons. The number of hydrogen-bond donors (Lipinski definition) is 1. The third-order valence-corrected chi connectivity index (χ3v) is 7.91. The lowest BCUT2D eigenvalue weighted by molar-refractivity contribution is -0.140. The van der Waals surface area contributed by atoms with E-state index in [4.69, 9.17) is 4.74 Å². The maximum absolute atomic E-state index is 13.9. The molecular weight excluding hydrogens is 490 g/mol. The van der Waals surface area contributed by atoms with Crippen LogP contribution in [0.5, 0.6) is 5.75 Å². The zero-order valence-electron chi connectivity index (χ0n) is 21.5. The molecule has 0 bridgehead atoms. The molecule has 0 saturated heterocycles. The van der Waals surface area contributed by atoms with E-state index in [1.807, 2.05) is 25.1 Å². The van der Waals surface area contributed by atoms with Gasteiger partial charge < -0.3 is 15.0 Å². The van der Waals surface area contributed by atoms with Crippen LogP contribution in [0.3, 0.4) is 0 Å². The second-order valence-electron chi connectivity index (χ2n) is 8.52. The molecule has 0 aliphatic rings. The SMILES string of the molecule is CC[C@H](C(=O)NC)N(Cc1ccc(OC)cc1)C(=O)CN(c1ccccc1C)S(=O)(=O)c1ccccc1. The summed E-state index contributed by atoms with van der Waals surface area (Å²) < 4.78 is 33.9. The van der Waals surface area contributed by atoms with E-state index in [1.54, 1.807) is 62.6 Å². The predicted octanol–water partition coefficient (Wildman–Crippen LogP) is 3.75. The molecule has 9 heteroatoms. The van der Waals surface area contributed by atoms with Crippen molar-refractivity contribution in [3.8, 4) is 5.75 Å². The molecule has 0 aliphatic carbocycles. The van der Waals surface area contributed by atoms with Gasteiger partial charge in [0.2, 0.25) is 11.8 Å². The average molecular weight is 524 g/mol. The number of likely N-dealkylation sites (N-methyl/N-ethyl adjacent to an activating group) is 1. The number of benzene rings is 3. The minimum absolute atomic E-state index is 0.0751. The molecule has 0 aliphatic heterocycles. The zero-order chi connectivity index (χ0) is 27.0. The average Bonchev–Trinajstić information content (AvgIpc) is 2.92. The lowest BCUT2D eigenvalue weighted by atomic mass is 10.1. The molecule has 0 fully saturated rings. The number of aryl methyl sites for hydroxylation is 1. The fourth-order valence-electron chi connectivity index (χ4n) is 4.09. The maximum Gasteiger partial charge on any atom is 0.264 e. The lowest BCUT2D eigenvalue weighted by Crippen LogP contribution is -2.51. The minimum atomic E-state index is -4.08. The van der Waals surface area contributed by atoms with E-state index in [0.29, 0.717) is 23.4 Å². The predicted molar refractivity (Wildman–Crippen MR) is 144 cm³/mol. The van der Waals surface area contributed by atoms with Gasteiger partial charge >= 0.3 is 0 Å². The Morgan fingerprint density at radius 2 is 1.57 bits per heavy atom. The van der Waals surface area contributed by atoms with Gasteiger partial charge in [-0.05, 0) is 54.8 Å². The number of nitrogens with one attached hydrogen (secondary N) is 1. The Labute approximate surface area is 218 Å². The summed E-state index contributed by atoms with van der Waals surface area (Å²) >= 11 is 0. The molecule has 0 radical (unpaired) electrons. The Balaban J connectivity index is 2.05. The van der Waals surface area contributed by atoms with Gasteiger partial charge in [-0.2, -0.15) is 0 Å². The Hall–Kier alpha value is -3.85. The van der Waals surface area contributed by atoms with Crippen LogP contribution >= 0.6 is 0 Å². The molecule has 1 N–H and O–H groups in total. The summed E-state index contributed by atoms with van der Waals surface area (Å²) in [5.74, 6) is -0.147. The standard InChI is InChI=1S/C28H33N3O5S/c1-5-25(28(33)29-3)30(19-22-15-17-23(36-4)18-16-22)27(32)20-31(26-14-10-9-11-21(26)2)37(34,35)24-12-7-6-8-13-24/h6-18,25H,5,19-20H2,1-4H3,(H,29,33)/t25-/m1/s1. The van der Waals surface area contributed by atoms with E-state index in [1.165, 1.54) is 24.1 Å². The molecule has 3 aromatic rings. The summed E-state index contributed by atoms with van der Waals surface area (Å²) in [6.45, 7) is 3.27. The van der Waals surface area contributed by atoms with Crippen LogP contribution in [-0.4, -0.2) is 51.9 Å². The van der Waals surface area contributed by atoms with Crippen molar-refractivity contribution in [2.75, 3.05) is 25.0 Å². The quantitative estimate of drug-likeness (QED) is 0.413. The number of anilines is 1. The Morgan fingerprint density at radius 3 is 2.14 bits per heavy atom. The zero-order valence-corrected chi connectivity index (χ0v) is 22.4. The van der Waals surface area contributed by atoms with Crippen molar-refractivity contribution < 1.29 is 22.7 Å². The highest BCUT2D eigenvalue weighted by molar-refractivity contribution is 7.92. The van der Waals surface area contributed by atoms with Gasteiger partial charge in [-0.25, -0.2) is 8.42 Å². The molecule has 3 rings (SSSR count). The number of ether oxygens (including phenoxy) is 1. The first kappa shape index (κ1) is 27.7. The van der Waals surface area contributed by atoms with Crippen LogP contribution in [0, 0.1) is 6.92 Å². The smallest absolute Gasteiger partial charge is 0.264 e. The highest BCUT2D eigenvalue weighted by Crippen LogP contribution is 2.27. The van der Waals surface area contributed by atoms with Crippen molar-refractivity contribution in [2.24, 2.45) is 0 Å². The van der Waals surface area contributed by atoms with Crippen molar-refractivity contribution in [2.45, 2.75) is 37.8 Å². The van der Waals surface area contributed by atoms with Crippen LogP contribution in [0.25, 0.3) is 0 Å². The molecule has 0 aromatic heterocycles. The van der Waals surface area contributed by atoms with Crippen LogP contribution in [-0.2, 0) is 26.2 Å². The fourth-order valence-corrected chi connectivity index (χ4v) is 5.59. The molecule has 0 spiro atoms. The van der Waals surface area contributed by atoms with Gasteiger partial charge in [0.25, 0.3) is 10.0 Å². The molecule has 8 nitrogen and oxygen atoms in total. The summed E-state index contributed by atoms with van der Waals surface area (Å²) in [7, 11) is -0.996. The Morgan fingerprint density at radius 1 is 0.946 bits per heavy atom. The first-order valence-corrected chi connectivity index (χ1v) is 13.4. The van der Waals surface area contributed by atoms with E-state index < -0.39 is 28.5 Å².